The van der Waals surface area contributed by atoms with Crippen molar-refractivity contribution >= 4 is 49.7 Å². The summed E-state index contributed by atoms with van der Waals surface area (Å²) in [6.45, 7) is 4.47. The molecule has 216 valence electrons. The summed E-state index contributed by atoms with van der Waals surface area (Å²) in [5.41, 5.74) is 4.73. The zero-order chi connectivity index (χ0) is 30.1. The van der Waals surface area contributed by atoms with Crippen molar-refractivity contribution in [1.29, 1.82) is 0 Å². The first kappa shape index (κ1) is 30.5. The van der Waals surface area contributed by atoms with Gasteiger partial charge in [0.25, 0.3) is 15.9 Å². The summed E-state index contributed by atoms with van der Waals surface area (Å²) >= 11 is 3.39. The number of rotatable bonds is 11. The molecule has 4 aromatic carbocycles. The highest BCUT2D eigenvalue weighted by molar-refractivity contribution is 9.10. The molecule has 9 nitrogen and oxygen atoms in total. The number of ether oxygens (including phenoxy) is 2. The smallest absolute Gasteiger partial charge is 0.343 e. The molecule has 42 heavy (non-hydrogen) atoms. The summed E-state index contributed by atoms with van der Waals surface area (Å²) in [5.74, 6) is -0.161. The van der Waals surface area contributed by atoms with Gasteiger partial charge in [-0.15, -0.1) is 0 Å². The molecule has 0 aliphatic rings. The van der Waals surface area contributed by atoms with Crippen LogP contribution in [0, 0.1) is 6.92 Å². The highest BCUT2D eigenvalue weighted by atomic mass is 79.9. The first-order chi connectivity index (χ1) is 20.1. The molecule has 4 aromatic rings. The lowest BCUT2D eigenvalue weighted by Gasteiger charge is -2.09. The third-order valence-electron chi connectivity index (χ3n) is 5.84. The van der Waals surface area contributed by atoms with Crippen LogP contribution in [0.15, 0.2) is 105 Å². The van der Waals surface area contributed by atoms with Crippen molar-refractivity contribution in [3.05, 3.63) is 118 Å². The second-order valence-corrected chi connectivity index (χ2v) is 11.7. The molecular weight excluding hydrogens is 622 g/mol. The number of hydrogen-bond acceptors (Lipinski definition) is 7. The van der Waals surface area contributed by atoms with E-state index in [2.05, 4.69) is 31.2 Å². The van der Waals surface area contributed by atoms with E-state index in [1.165, 1.54) is 42.6 Å². The van der Waals surface area contributed by atoms with Crippen LogP contribution in [0.3, 0.4) is 0 Å². The van der Waals surface area contributed by atoms with Crippen molar-refractivity contribution in [2.75, 3.05) is 11.3 Å². The van der Waals surface area contributed by atoms with E-state index in [4.69, 9.17) is 9.47 Å². The van der Waals surface area contributed by atoms with Gasteiger partial charge in [-0.05, 0) is 92.2 Å². The van der Waals surface area contributed by atoms with Crippen LogP contribution in [-0.4, -0.2) is 33.1 Å². The van der Waals surface area contributed by atoms with Gasteiger partial charge in [0, 0.05) is 21.3 Å². The highest BCUT2D eigenvalue weighted by Crippen LogP contribution is 2.24. The Morgan fingerprint density at radius 3 is 2.24 bits per heavy atom. The fraction of sp³-hybridized carbons (Fsp3) is 0.129. The largest absolute Gasteiger partial charge is 0.494 e. The Labute approximate surface area is 252 Å². The number of anilines is 1. The first-order valence-electron chi connectivity index (χ1n) is 12.9. The molecule has 0 unspecified atom stereocenters. The molecule has 0 bridgehead atoms. The number of aryl methyl sites for hydroxylation is 1. The molecule has 1 amide bonds. The van der Waals surface area contributed by atoms with Crippen LogP contribution < -0.4 is 19.6 Å². The predicted octanol–water partition coefficient (Wildman–Crippen LogP) is 6.33. The molecule has 0 fully saturated rings. The third-order valence-corrected chi connectivity index (χ3v) is 7.73. The van der Waals surface area contributed by atoms with Gasteiger partial charge >= 0.3 is 5.97 Å². The lowest BCUT2D eigenvalue weighted by atomic mass is 10.2. The van der Waals surface area contributed by atoms with E-state index >= 15 is 0 Å². The Morgan fingerprint density at radius 2 is 1.57 bits per heavy atom. The quantitative estimate of drug-likeness (QED) is 0.0847. The molecule has 0 heterocycles. The molecule has 0 saturated heterocycles. The van der Waals surface area contributed by atoms with E-state index in [0.29, 0.717) is 29.2 Å². The van der Waals surface area contributed by atoms with Crippen LogP contribution in [0.25, 0.3) is 0 Å². The van der Waals surface area contributed by atoms with Gasteiger partial charge in [0.05, 0.1) is 23.3 Å². The van der Waals surface area contributed by atoms with Gasteiger partial charge in [-0.25, -0.2) is 18.6 Å². The minimum atomic E-state index is -3.77. The number of nitrogens with zero attached hydrogens (tertiary/aromatic N) is 1. The molecule has 11 heteroatoms. The first-order valence-corrected chi connectivity index (χ1v) is 15.2. The zero-order valence-electron chi connectivity index (χ0n) is 22.8. The van der Waals surface area contributed by atoms with Gasteiger partial charge in [0.2, 0.25) is 0 Å². The number of nitrogens with one attached hydrogen (secondary N) is 2. The van der Waals surface area contributed by atoms with Gasteiger partial charge in [0.15, 0.2) is 0 Å². The molecule has 0 aliphatic carbocycles. The maximum absolute atomic E-state index is 12.7. The standard InChI is InChI=1S/C31H28BrN3O6S/c1-3-18-40-27-13-8-23(9-14-27)31(37)41-29-17-10-25(32)19-24(29)20-33-34-30(36)22-6-11-26(12-7-22)35-42(38,39)28-15-4-21(2)5-16-28/h4-17,19-20,35H,3,18H2,1-2H3,(H,34,36)/b33-20+. The fourth-order valence-electron chi connectivity index (χ4n) is 3.63. The number of carbonyl (C=O) groups is 2. The SMILES string of the molecule is CCCOc1ccc(C(=O)Oc2ccc(Br)cc2/C=N/NC(=O)c2ccc(NS(=O)(=O)c3ccc(C)cc3)cc2)cc1. The Bertz CT molecular complexity index is 1690. The number of esters is 1. The van der Waals surface area contributed by atoms with Crippen molar-refractivity contribution in [2.45, 2.75) is 25.2 Å². The average Bonchev–Trinajstić information content (AvgIpc) is 2.98. The van der Waals surface area contributed by atoms with E-state index in [1.54, 1.807) is 54.6 Å². The average molecular weight is 651 g/mol. The molecule has 0 aromatic heterocycles. The monoisotopic (exact) mass is 649 g/mol. The van der Waals surface area contributed by atoms with Crippen LogP contribution >= 0.6 is 15.9 Å². The summed E-state index contributed by atoms with van der Waals surface area (Å²) in [6, 6.07) is 24.1. The summed E-state index contributed by atoms with van der Waals surface area (Å²) in [5, 5.41) is 4.00. The van der Waals surface area contributed by atoms with Crippen molar-refractivity contribution < 1.29 is 27.5 Å². The number of benzene rings is 4. The molecule has 0 aliphatic heterocycles. The van der Waals surface area contributed by atoms with E-state index in [-0.39, 0.29) is 16.2 Å². The Morgan fingerprint density at radius 1 is 0.905 bits per heavy atom. The van der Waals surface area contributed by atoms with Gasteiger partial charge in [-0.2, -0.15) is 5.10 Å². The van der Waals surface area contributed by atoms with Crippen LogP contribution in [-0.2, 0) is 10.0 Å². The second-order valence-electron chi connectivity index (χ2n) is 9.14. The third kappa shape index (κ3) is 8.27. The summed E-state index contributed by atoms with van der Waals surface area (Å²) in [7, 11) is -3.77. The van der Waals surface area contributed by atoms with Gasteiger partial charge in [0.1, 0.15) is 11.5 Å². The van der Waals surface area contributed by atoms with E-state index in [1.807, 2.05) is 13.8 Å². The maximum Gasteiger partial charge on any atom is 0.343 e. The van der Waals surface area contributed by atoms with Crippen LogP contribution in [0.1, 0.15) is 45.2 Å². The minimum absolute atomic E-state index is 0.136. The maximum atomic E-state index is 12.7. The molecular formula is C31H28BrN3O6S. The number of sulfonamides is 1. The molecule has 2 N–H and O–H groups in total. The van der Waals surface area contributed by atoms with Crippen molar-refractivity contribution in [3.63, 3.8) is 0 Å². The van der Waals surface area contributed by atoms with Crippen LogP contribution in [0.2, 0.25) is 0 Å². The van der Waals surface area contributed by atoms with Crippen LogP contribution in [0.5, 0.6) is 11.5 Å². The summed E-state index contributed by atoms with van der Waals surface area (Å²) in [4.78, 5) is 25.5. The van der Waals surface area contributed by atoms with Crippen molar-refractivity contribution in [1.82, 2.24) is 5.43 Å². The molecule has 4 rings (SSSR count). The number of halogens is 1. The van der Waals surface area contributed by atoms with E-state index in [0.717, 1.165) is 16.5 Å². The van der Waals surface area contributed by atoms with Gasteiger partial charge in [-0.1, -0.05) is 40.5 Å². The zero-order valence-corrected chi connectivity index (χ0v) is 25.2. The van der Waals surface area contributed by atoms with Crippen LogP contribution in [0.4, 0.5) is 5.69 Å². The number of carbonyl (C=O) groups excluding carboxylic acids is 2. The Kier molecular flexibility index (Phi) is 10.1. The molecule has 0 radical (unpaired) electrons. The number of hydrogen-bond donors (Lipinski definition) is 2. The Hall–Kier alpha value is -4.48. The highest BCUT2D eigenvalue weighted by Gasteiger charge is 2.15. The van der Waals surface area contributed by atoms with Crippen molar-refractivity contribution in [2.24, 2.45) is 5.10 Å². The molecule has 0 atom stereocenters. The second kappa shape index (κ2) is 13.9. The van der Waals surface area contributed by atoms with Gasteiger partial charge < -0.3 is 9.47 Å². The summed E-state index contributed by atoms with van der Waals surface area (Å²) in [6.07, 6.45) is 2.24. The topological polar surface area (TPSA) is 123 Å². The molecule has 0 spiro atoms. The lowest BCUT2D eigenvalue weighted by molar-refractivity contribution is 0.0734. The van der Waals surface area contributed by atoms with E-state index in [9.17, 15) is 18.0 Å². The van der Waals surface area contributed by atoms with Crippen molar-refractivity contribution in [3.8, 4) is 11.5 Å². The Balaban J connectivity index is 1.38. The lowest BCUT2D eigenvalue weighted by Crippen LogP contribution is -2.18. The minimum Gasteiger partial charge on any atom is -0.494 e. The number of amides is 1. The molecule has 0 saturated carbocycles. The van der Waals surface area contributed by atoms with Gasteiger partial charge in [-0.3, -0.25) is 9.52 Å². The fourth-order valence-corrected chi connectivity index (χ4v) is 5.06. The number of hydrazone groups is 1. The summed E-state index contributed by atoms with van der Waals surface area (Å²) < 4.78 is 39.5. The van der Waals surface area contributed by atoms with E-state index < -0.39 is 21.9 Å². The normalized spacial score (nSPS) is 11.2. The predicted molar refractivity (Wildman–Crippen MR) is 165 cm³/mol.